The van der Waals surface area contributed by atoms with Crippen molar-refractivity contribution >= 4 is 28.3 Å². The number of carbonyl (C=O) groups excluding carboxylic acids is 2. The van der Waals surface area contributed by atoms with Crippen molar-refractivity contribution in [3.05, 3.63) is 65.0 Å². The average molecular weight is 395 g/mol. The van der Waals surface area contributed by atoms with Crippen LogP contribution >= 0.6 is 11.3 Å². The van der Waals surface area contributed by atoms with Crippen LogP contribution in [0, 0.1) is 0 Å². The fraction of sp³-hybridized carbons (Fsp3) is 0.190. The largest absolute Gasteiger partial charge is 0.494 e. The molecule has 2 amide bonds. The Labute approximate surface area is 167 Å². The highest BCUT2D eigenvalue weighted by atomic mass is 32.1. The van der Waals surface area contributed by atoms with E-state index in [1.165, 1.54) is 18.3 Å². The Balaban J connectivity index is 1.66. The van der Waals surface area contributed by atoms with Crippen molar-refractivity contribution in [2.75, 3.05) is 11.9 Å². The number of nitrogens with one attached hydrogen (secondary N) is 2. The van der Waals surface area contributed by atoms with Gasteiger partial charge in [0.2, 0.25) is 5.91 Å². The summed E-state index contributed by atoms with van der Waals surface area (Å²) >= 11 is 1.37. The Bertz CT molecular complexity index is 967. The second-order valence-corrected chi connectivity index (χ2v) is 6.92. The lowest BCUT2D eigenvalue weighted by molar-refractivity contribution is -0.119. The fourth-order valence-electron chi connectivity index (χ4n) is 2.55. The van der Waals surface area contributed by atoms with E-state index in [9.17, 15) is 9.59 Å². The first-order valence-electron chi connectivity index (χ1n) is 8.88. The van der Waals surface area contributed by atoms with Crippen molar-refractivity contribution < 1.29 is 14.3 Å². The lowest BCUT2D eigenvalue weighted by Crippen LogP contribution is -2.18. The van der Waals surface area contributed by atoms with E-state index in [1.54, 1.807) is 18.2 Å². The number of nitrogens with zero attached hydrogens (tertiary/aromatic N) is 1. The van der Waals surface area contributed by atoms with Crippen molar-refractivity contribution in [1.29, 1.82) is 0 Å². The van der Waals surface area contributed by atoms with Crippen molar-refractivity contribution in [3.63, 3.8) is 0 Å². The lowest BCUT2D eigenvalue weighted by atomic mass is 10.1. The van der Waals surface area contributed by atoms with E-state index in [0.717, 1.165) is 16.8 Å². The number of carbonyl (C=O) groups is 2. The van der Waals surface area contributed by atoms with Gasteiger partial charge in [0.15, 0.2) is 5.13 Å². The minimum atomic E-state index is -0.229. The van der Waals surface area contributed by atoms with E-state index in [4.69, 9.17) is 4.74 Å². The topological polar surface area (TPSA) is 80.3 Å². The van der Waals surface area contributed by atoms with Crippen LogP contribution < -0.4 is 15.4 Å². The van der Waals surface area contributed by atoms with Gasteiger partial charge in [-0.2, -0.15) is 0 Å². The van der Waals surface area contributed by atoms with Gasteiger partial charge in [0.05, 0.1) is 12.3 Å². The SMILES string of the molecule is CCOc1cccc(C(=O)Nc2nc(-c3ccc(CNC(C)=O)cc3)cs2)c1. The second kappa shape index (κ2) is 9.14. The standard InChI is InChI=1S/C21H21N3O3S/c1-3-27-18-6-4-5-17(11-18)20(26)24-21-23-19(13-28-21)16-9-7-15(8-10-16)12-22-14(2)25/h4-11,13H,3,12H2,1-2H3,(H,22,25)(H,23,24,26). The zero-order chi connectivity index (χ0) is 19.9. The first-order chi connectivity index (χ1) is 13.5. The van der Waals surface area contributed by atoms with Gasteiger partial charge in [-0.25, -0.2) is 4.98 Å². The molecule has 0 aliphatic rings. The number of rotatable bonds is 7. The van der Waals surface area contributed by atoms with Crippen molar-refractivity contribution in [1.82, 2.24) is 10.3 Å². The first kappa shape index (κ1) is 19.6. The Kier molecular flexibility index (Phi) is 6.39. The number of amides is 2. The summed E-state index contributed by atoms with van der Waals surface area (Å²) in [6.07, 6.45) is 0. The molecule has 0 fully saturated rings. The summed E-state index contributed by atoms with van der Waals surface area (Å²) in [7, 11) is 0. The molecule has 0 atom stereocenters. The summed E-state index contributed by atoms with van der Waals surface area (Å²) in [5.74, 6) is 0.373. The summed E-state index contributed by atoms with van der Waals surface area (Å²) in [5.41, 5.74) is 3.26. The predicted molar refractivity (Wildman–Crippen MR) is 111 cm³/mol. The van der Waals surface area contributed by atoms with Crippen molar-refractivity contribution in [3.8, 4) is 17.0 Å². The molecule has 3 aromatic rings. The van der Waals surface area contributed by atoms with Crippen LogP contribution in [-0.4, -0.2) is 23.4 Å². The molecular formula is C21H21N3O3S. The van der Waals surface area contributed by atoms with Crippen LogP contribution in [0.4, 0.5) is 5.13 Å². The smallest absolute Gasteiger partial charge is 0.257 e. The summed E-state index contributed by atoms with van der Waals surface area (Å²) < 4.78 is 5.43. The number of hydrogen-bond donors (Lipinski definition) is 2. The van der Waals surface area contributed by atoms with E-state index in [2.05, 4.69) is 15.6 Å². The molecule has 0 radical (unpaired) electrons. The highest BCUT2D eigenvalue weighted by molar-refractivity contribution is 7.14. The normalized spacial score (nSPS) is 10.4. The number of ether oxygens (including phenoxy) is 1. The van der Waals surface area contributed by atoms with Gasteiger partial charge in [0.1, 0.15) is 5.75 Å². The van der Waals surface area contributed by atoms with Crippen LogP contribution in [0.25, 0.3) is 11.3 Å². The quantitative estimate of drug-likeness (QED) is 0.631. The number of hydrogen-bond acceptors (Lipinski definition) is 5. The second-order valence-electron chi connectivity index (χ2n) is 6.06. The van der Waals surface area contributed by atoms with Crippen molar-refractivity contribution in [2.24, 2.45) is 0 Å². The molecule has 144 valence electrons. The zero-order valence-electron chi connectivity index (χ0n) is 15.7. The van der Waals surface area contributed by atoms with Crippen LogP contribution in [0.3, 0.4) is 0 Å². The highest BCUT2D eigenvalue weighted by Gasteiger charge is 2.11. The molecule has 0 unspecified atom stereocenters. The molecule has 0 spiro atoms. The number of anilines is 1. The van der Waals surface area contributed by atoms with Gasteiger partial charge < -0.3 is 10.1 Å². The van der Waals surface area contributed by atoms with Gasteiger partial charge in [-0.3, -0.25) is 14.9 Å². The molecule has 28 heavy (non-hydrogen) atoms. The molecule has 3 rings (SSSR count). The van der Waals surface area contributed by atoms with E-state index in [1.807, 2.05) is 42.6 Å². The maximum atomic E-state index is 12.5. The van der Waals surface area contributed by atoms with Crippen LogP contribution in [0.1, 0.15) is 29.8 Å². The highest BCUT2D eigenvalue weighted by Crippen LogP contribution is 2.26. The molecule has 0 aliphatic carbocycles. The molecule has 7 heteroatoms. The summed E-state index contributed by atoms with van der Waals surface area (Å²) in [5, 5.41) is 8.02. The van der Waals surface area contributed by atoms with Crippen molar-refractivity contribution in [2.45, 2.75) is 20.4 Å². The fourth-order valence-corrected chi connectivity index (χ4v) is 3.26. The molecule has 1 heterocycles. The van der Waals surface area contributed by atoms with Gasteiger partial charge in [0, 0.05) is 30.0 Å². The Morgan fingerprint density at radius 2 is 1.93 bits per heavy atom. The summed E-state index contributed by atoms with van der Waals surface area (Å²) in [4.78, 5) is 27.9. The third-order valence-corrected chi connectivity index (χ3v) is 4.68. The van der Waals surface area contributed by atoms with E-state index >= 15 is 0 Å². The molecule has 1 aromatic heterocycles. The molecule has 0 saturated carbocycles. The first-order valence-corrected chi connectivity index (χ1v) is 9.76. The van der Waals surface area contributed by atoms with Crippen LogP contribution in [0.2, 0.25) is 0 Å². The minimum Gasteiger partial charge on any atom is -0.494 e. The minimum absolute atomic E-state index is 0.0595. The Morgan fingerprint density at radius 3 is 2.64 bits per heavy atom. The number of aromatic nitrogens is 1. The van der Waals surface area contributed by atoms with Gasteiger partial charge >= 0.3 is 0 Å². The third-order valence-electron chi connectivity index (χ3n) is 3.92. The van der Waals surface area contributed by atoms with Gasteiger partial charge in [-0.05, 0) is 30.7 Å². The Hall–Kier alpha value is -3.19. The van der Waals surface area contributed by atoms with Gasteiger partial charge in [0.25, 0.3) is 5.91 Å². The van der Waals surface area contributed by atoms with E-state index < -0.39 is 0 Å². The molecule has 6 nitrogen and oxygen atoms in total. The van der Waals surface area contributed by atoms with Gasteiger partial charge in [-0.15, -0.1) is 11.3 Å². The van der Waals surface area contributed by atoms with E-state index in [0.29, 0.717) is 29.6 Å². The third kappa shape index (κ3) is 5.17. The Morgan fingerprint density at radius 1 is 1.14 bits per heavy atom. The molecular weight excluding hydrogens is 374 g/mol. The molecule has 2 aromatic carbocycles. The molecule has 0 aliphatic heterocycles. The van der Waals surface area contributed by atoms with Crippen LogP contribution in [-0.2, 0) is 11.3 Å². The predicted octanol–water partition coefficient (Wildman–Crippen LogP) is 4.10. The number of thiazole rings is 1. The van der Waals surface area contributed by atoms with Gasteiger partial charge in [-0.1, -0.05) is 30.3 Å². The summed E-state index contributed by atoms with van der Waals surface area (Å²) in [6, 6.07) is 14.8. The number of benzene rings is 2. The van der Waals surface area contributed by atoms with Crippen LogP contribution in [0.5, 0.6) is 5.75 Å². The maximum Gasteiger partial charge on any atom is 0.257 e. The lowest BCUT2D eigenvalue weighted by Gasteiger charge is -2.06. The summed E-state index contributed by atoms with van der Waals surface area (Å²) in [6.45, 7) is 4.43. The maximum absolute atomic E-state index is 12.5. The molecule has 0 bridgehead atoms. The molecule has 0 saturated heterocycles. The van der Waals surface area contributed by atoms with E-state index in [-0.39, 0.29) is 11.8 Å². The van der Waals surface area contributed by atoms with Crippen LogP contribution in [0.15, 0.2) is 53.9 Å². The average Bonchev–Trinajstić information content (AvgIpc) is 3.15. The zero-order valence-corrected chi connectivity index (χ0v) is 16.5. The monoisotopic (exact) mass is 395 g/mol. The molecule has 2 N–H and O–H groups in total.